The summed E-state index contributed by atoms with van der Waals surface area (Å²) in [6.45, 7) is 1.26. The number of piperidine rings is 1. The third kappa shape index (κ3) is 4.18. The van der Waals surface area contributed by atoms with Crippen molar-refractivity contribution in [1.82, 2.24) is 4.90 Å². The molecule has 0 aromatic heterocycles. The maximum Gasteiger partial charge on any atom is 0.407 e. The predicted octanol–water partition coefficient (Wildman–Crippen LogP) is 3.47. The second kappa shape index (κ2) is 6.49. The monoisotopic (exact) mass is 277 g/mol. The molecule has 1 heterocycles. The van der Waals surface area contributed by atoms with Crippen LogP contribution in [0.1, 0.15) is 24.8 Å². The summed E-state index contributed by atoms with van der Waals surface area (Å²) in [7, 11) is 0. The third-order valence-electron chi connectivity index (χ3n) is 3.35. The quantitative estimate of drug-likeness (QED) is 0.799. The summed E-state index contributed by atoms with van der Waals surface area (Å²) < 4.78 is 0. The van der Waals surface area contributed by atoms with Gasteiger partial charge in [0.15, 0.2) is 0 Å². The number of nitrogens with zero attached hydrogens (tertiary/aromatic N) is 1. The van der Waals surface area contributed by atoms with Gasteiger partial charge in [-0.05, 0) is 43.0 Å². The highest BCUT2D eigenvalue weighted by Crippen LogP contribution is 2.20. The fraction of sp³-hybridized carbons (Fsp3) is 0.400. The van der Waals surface area contributed by atoms with Crippen molar-refractivity contribution >= 4 is 17.7 Å². The van der Waals surface area contributed by atoms with Crippen LogP contribution < -0.4 is 0 Å². The Morgan fingerprint density at radius 2 is 1.95 bits per heavy atom. The van der Waals surface area contributed by atoms with Gasteiger partial charge in [0.25, 0.3) is 0 Å². The molecule has 1 fully saturated rings. The highest BCUT2D eigenvalue weighted by Gasteiger charge is 2.21. The lowest BCUT2D eigenvalue weighted by Crippen LogP contribution is -2.37. The van der Waals surface area contributed by atoms with Crippen LogP contribution in [0.3, 0.4) is 0 Å². The van der Waals surface area contributed by atoms with E-state index in [2.05, 4.69) is 11.8 Å². The summed E-state index contributed by atoms with van der Waals surface area (Å²) in [5, 5.41) is 9.57. The molecule has 3 nitrogen and oxygen atoms in total. The Labute approximate surface area is 118 Å². The van der Waals surface area contributed by atoms with Gasteiger partial charge in [0.05, 0.1) is 0 Å². The van der Waals surface area contributed by atoms with Crippen LogP contribution in [0.4, 0.5) is 4.79 Å². The van der Waals surface area contributed by atoms with Crippen molar-refractivity contribution in [2.75, 3.05) is 13.1 Å². The molecule has 0 aliphatic carbocycles. The number of amides is 1. The van der Waals surface area contributed by atoms with Gasteiger partial charge in [-0.2, -0.15) is 0 Å². The largest absolute Gasteiger partial charge is 0.465 e. The topological polar surface area (TPSA) is 40.5 Å². The molecule has 0 saturated carbocycles. The van der Waals surface area contributed by atoms with Gasteiger partial charge < -0.3 is 10.0 Å². The van der Waals surface area contributed by atoms with E-state index < -0.39 is 6.09 Å². The zero-order chi connectivity index (χ0) is 13.7. The standard InChI is InChI=1S/C15H16ClNO2/c16-14-6-4-12(5-7-14)2-1-3-13-8-10-17(11-9-13)15(18)19/h4-7,13H,3,8-11H2,(H,18,19). The van der Waals surface area contributed by atoms with Gasteiger partial charge >= 0.3 is 6.09 Å². The lowest BCUT2D eigenvalue weighted by Gasteiger charge is -2.28. The summed E-state index contributed by atoms with van der Waals surface area (Å²) in [5.74, 6) is 6.80. The molecule has 0 spiro atoms. The van der Waals surface area contributed by atoms with Crippen LogP contribution in [0.25, 0.3) is 0 Å². The van der Waals surface area contributed by atoms with E-state index in [0.717, 1.165) is 24.8 Å². The van der Waals surface area contributed by atoms with Crippen LogP contribution >= 0.6 is 11.6 Å². The number of carbonyl (C=O) groups is 1. The molecule has 1 aliphatic rings. The minimum atomic E-state index is -0.814. The molecule has 1 aliphatic heterocycles. The van der Waals surface area contributed by atoms with Crippen molar-refractivity contribution < 1.29 is 9.90 Å². The molecule has 0 radical (unpaired) electrons. The Morgan fingerprint density at radius 3 is 2.53 bits per heavy atom. The number of benzene rings is 1. The molecule has 1 amide bonds. The highest BCUT2D eigenvalue weighted by atomic mass is 35.5. The van der Waals surface area contributed by atoms with Gasteiger partial charge in [-0.3, -0.25) is 0 Å². The van der Waals surface area contributed by atoms with E-state index in [1.807, 2.05) is 24.3 Å². The molecule has 1 N–H and O–H groups in total. The van der Waals surface area contributed by atoms with Crippen molar-refractivity contribution in [1.29, 1.82) is 0 Å². The predicted molar refractivity (Wildman–Crippen MR) is 75.3 cm³/mol. The van der Waals surface area contributed by atoms with Crippen molar-refractivity contribution in [3.63, 3.8) is 0 Å². The van der Waals surface area contributed by atoms with Crippen molar-refractivity contribution in [3.05, 3.63) is 34.9 Å². The van der Waals surface area contributed by atoms with Crippen molar-refractivity contribution in [2.45, 2.75) is 19.3 Å². The molecule has 2 rings (SSSR count). The van der Waals surface area contributed by atoms with E-state index in [-0.39, 0.29) is 0 Å². The van der Waals surface area contributed by atoms with Gasteiger partial charge in [-0.15, -0.1) is 0 Å². The number of rotatable bonds is 1. The molecule has 100 valence electrons. The summed E-state index contributed by atoms with van der Waals surface area (Å²) in [5.41, 5.74) is 0.965. The van der Waals surface area contributed by atoms with Gasteiger partial charge in [0.2, 0.25) is 0 Å². The highest BCUT2D eigenvalue weighted by molar-refractivity contribution is 6.30. The number of carboxylic acid groups (broad SMARTS) is 1. The van der Waals surface area contributed by atoms with E-state index in [1.54, 1.807) is 0 Å². The second-order valence-corrected chi connectivity index (χ2v) is 5.16. The van der Waals surface area contributed by atoms with Crippen molar-refractivity contribution in [3.8, 4) is 11.8 Å². The van der Waals surface area contributed by atoms with E-state index in [4.69, 9.17) is 16.7 Å². The molecule has 0 atom stereocenters. The van der Waals surface area contributed by atoms with E-state index >= 15 is 0 Å². The molecule has 1 aromatic carbocycles. The Kier molecular flexibility index (Phi) is 4.70. The number of hydrogen-bond donors (Lipinski definition) is 1. The van der Waals surface area contributed by atoms with E-state index in [0.29, 0.717) is 24.0 Å². The van der Waals surface area contributed by atoms with E-state index in [9.17, 15) is 4.79 Å². The first-order valence-electron chi connectivity index (χ1n) is 6.37. The first kappa shape index (κ1) is 13.8. The Morgan fingerprint density at radius 1 is 1.32 bits per heavy atom. The average molecular weight is 278 g/mol. The SMILES string of the molecule is O=C(O)N1CCC(CC#Cc2ccc(Cl)cc2)CC1. The van der Waals surface area contributed by atoms with Gasteiger partial charge in [0.1, 0.15) is 0 Å². The van der Waals surface area contributed by atoms with Crippen molar-refractivity contribution in [2.24, 2.45) is 5.92 Å². The summed E-state index contributed by atoms with van der Waals surface area (Å²) in [4.78, 5) is 12.3. The zero-order valence-electron chi connectivity index (χ0n) is 10.6. The first-order valence-corrected chi connectivity index (χ1v) is 6.75. The Balaban J connectivity index is 1.81. The molecule has 1 saturated heterocycles. The fourth-order valence-corrected chi connectivity index (χ4v) is 2.29. The lowest BCUT2D eigenvalue weighted by molar-refractivity contribution is 0.125. The second-order valence-electron chi connectivity index (χ2n) is 4.73. The van der Waals surface area contributed by atoms with Crippen LogP contribution in [-0.2, 0) is 0 Å². The summed E-state index contributed by atoms with van der Waals surface area (Å²) in [6.07, 6.45) is 1.82. The number of halogens is 1. The minimum absolute atomic E-state index is 0.510. The maximum atomic E-state index is 10.8. The molecule has 0 unspecified atom stereocenters. The molecule has 19 heavy (non-hydrogen) atoms. The van der Waals surface area contributed by atoms with Gasteiger partial charge in [-0.25, -0.2) is 4.79 Å². The van der Waals surface area contributed by atoms with Gasteiger partial charge in [-0.1, -0.05) is 23.4 Å². The van der Waals surface area contributed by atoms with Crippen LogP contribution in [0, 0.1) is 17.8 Å². The molecule has 4 heteroatoms. The van der Waals surface area contributed by atoms with Crippen LogP contribution in [0.15, 0.2) is 24.3 Å². The van der Waals surface area contributed by atoms with Crippen LogP contribution in [0.5, 0.6) is 0 Å². The number of likely N-dealkylation sites (tertiary alicyclic amines) is 1. The molecular weight excluding hydrogens is 262 g/mol. The fourth-order valence-electron chi connectivity index (χ4n) is 2.16. The summed E-state index contributed by atoms with van der Waals surface area (Å²) in [6, 6.07) is 7.47. The molecule has 1 aromatic rings. The van der Waals surface area contributed by atoms with Gasteiger partial charge in [0, 0.05) is 30.1 Å². The minimum Gasteiger partial charge on any atom is -0.465 e. The normalized spacial score (nSPS) is 15.7. The molecule has 0 bridgehead atoms. The van der Waals surface area contributed by atoms with Crippen LogP contribution in [-0.4, -0.2) is 29.2 Å². The average Bonchev–Trinajstić information content (AvgIpc) is 2.41. The zero-order valence-corrected chi connectivity index (χ0v) is 11.4. The van der Waals surface area contributed by atoms with Crippen LogP contribution in [0.2, 0.25) is 5.02 Å². The van der Waals surface area contributed by atoms with E-state index in [1.165, 1.54) is 4.90 Å². The Hall–Kier alpha value is -1.66. The Bertz CT molecular complexity index is 493. The smallest absolute Gasteiger partial charge is 0.407 e. The third-order valence-corrected chi connectivity index (χ3v) is 3.60. The first-order chi connectivity index (χ1) is 9.15. The maximum absolute atomic E-state index is 10.8. The summed E-state index contributed by atoms with van der Waals surface area (Å²) >= 11 is 5.81. The number of hydrogen-bond acceptors (Lipinski definition) is 1. The molecular formula is C15H16ClNO2. The lowest BCUT2D eigenvalue weighted by atomic mass is 9.94.